The van der Waals surface area contributed by atoms with Crippen LogP contribution in [0.25, 0.3) is 15.9 Å². The van der Waals surface area contributed by atoms with Crippen LogP contribution >= 0.6 is 11.3 Å². The Morgan fingerprint density at radius 1 is 1.15 bits per heavy atom. The molecule has 0 aliphatic carbocycles. The molecule has 1 saturated heterocycles. The Bertz CT molecular complexity index is 1270. The van der Waals surface area contributed by atoms with Crippen LogP contribution in [0.2, 0.25) is 0 Å². The molecule has 7 heteroatoms. The topological polar surface area (TPSA) is 53.4 Å². The van der Waals surface area contributed by atoms with Crippen LogP contribution in [0.1, 0.15) is 28.6 Å². The lowest BCUT2D eigenvalue weighted by Crippen LogP contribution is -2.52. The molecule has 1 atom stereocenters. The van der Waals surface area contributed by atoms with Crippen molar-refractivity contribution in [3.8, 4) is 5.69 Å². The van der Waals surface area contributed by atoms with Crippen LogP contribution in [-0.2, 0) is 0 Å². The highest BCUT2D eigenvalue weighted by molar-refractivity contribution is 7.21. The number of hydrogen-bond acceptors (Lipinski definition) is 5. The molecule has 0 unspecified atom stereocenters. The third kappa shape index (κ3) is 4.72. The van der Waals surface area contributed by atoms with Gasteiger partial charge < -0.3 is 14.8 Å². The summed E-state index contributed by atoms with van der Waals surface area (Å²) < 4.78 is 2.00. The molecule has 0 bridgehead atoms. The molecule has 1 amide bonds. The van der Waals surface area contributed by atoms with E-state index in [0.29, 0.717) is 17.5 Å². The lowest BCUT2D eigenvalue weighted by molar-refractivity contribution is 0.0955. The van der Waals surface area contributed by atoms with Gasteiger partial charge in [0.15, 0.2) is 0 Å². The normalized spacial score (nSPS) is 16.8. The third-order valence-corrected chi connectivity index (χ3v) is 7.59. The van der Waals surface area contributed by atoms with Gasteiger partial charge in [-0.1, -0.05) is 12.1 Å². The molecule has 34 heavy (non-hydrogen) atoms. The smallest absolute Gasteiger partial charge is 0.263 e. The second kappa shape index (κ2) is 9.99. The summed E-state index contributed by atoms with van der Waals surface area (Å²) in [4.78, 5) is 24.2. The van der Waals surface area contributed by atoms with Crippen LogP contribution in [0.3, 0.4) is 0 Å². The van der Waals surface area contributed by atoms with E-state index in [1.807, 2.05) is 41.2 Å². The summed E-state index contributed by atoms with van der Waals surface area (Å²) >= 11 is 1.46. The molecule has 3 aromatic heterocycles. The summed E-state index contributed by atoms with van der Waals surface area (Å²) in [6, 6.07) is 17.1. The number of pyridine rings is 1. The highest BCUT2D eigenvalue weighted by Gasteiger charge is 2.24. The quantitative estimate of drug-likeness (QED) is 0.395. The highest BCUT2D eigenvalue weighted by Crippen LogP contribution is 2.33. The second-order valence-electron chi connectivity index (χ2n) is 9.02. The standard InChI is InChI=1S/C27H31N5OS/c1-20-8-5-9-22(18-20)32-17-16-30(19-21(32)2)13-7-12-28-26(33)25-24(31-14-3-4-15-31)23-10-6-11-29-27(23)34-25/h3-6,8-11,14-15,18,21H,7,12-13,16-17,19H2,1-2H3,(H,28,33)/t21-/m1/s1. The zero-order valence-electron chi connectivity index (χ0n) is 19.8. The van der Waals surface area contributed by atoms with Crippen molar-refractivity contribution in [2.45, 2.75) is 26.3 Å². The number of carbonyl (C=O) groups excluding carboxylic acids is 1. The van der Waals surface area contributed by atoms with E-state index >= 15 is 0 Å². The molecule has 176 valence electrons. The number of fused-ring (bicyclic) bond motifs is 1. The summed E-state index contributed by atoms with van der Waals surface area (Å²) in [7, 11) is 0. The van der Waals surface area contributed by atoms with Crippen LogP contribution in [-0.4, -0.2) is 59.1 Å². The van der Waals surface area contributed by atoms with Crippen LogP contribution in [0.4, 0.5) is 5.69 Å². The molecule has 4 heterocycles. The first-order valence-corrected chi connectivity index (χ1v) is 12.8. The molecule has 0 radical (unpaired) electrons. The number of rotatable bonds is 7. The Morgan fingerprint density at radius 3 is 2.79 bits per heavy atom. The Morgan fingerprint density at radius 2 is 2.00 bits per heavy atom. The van der Waals surface area contributed by atoms with Crippen LogP contribution in [0, 0.1) is 6.92 Å². The van der Waals surface area contributed by atoms with E-state index < -0.39 is 0 Å². The zero-order valence-corrected chi connectivity index (χ0v) is 20.6. The van der Waals surface area contributed by atoms with Crippen LogP contribution in [0.5, 0.6) is 0 Å². The molecule has 1 aliphatic heterocycles. The van der Waals surface area contributed by atoms with Crippen molar-refractivity contribution < 1.29 is 4.79 Å². The second-order valence-corrected chi connectivity index (χ2v) is 10.0. The molecular formula is C27H31N5OS. The largest absolute Gasteiger partial charge is 0.366 e. The average molecular weight is 474 g/mol. The van der Waals surface area contributed by atoms with Crippen molar-refractivity contribution in [1.29, 1.82) is 0 Å². The van der Waals surface area contributed by atoms with E-state index in [-0.39, 0.29) is 5.91 Å². The van der Waals surface area contributed by atoms with E-state index in [2.05, 4.69) is 58.2 Å². The Labute approximate surface area is 204 Å². The SMILES string of the molecule is Cc1cccc(N2CCN(CCCNC(=O)c3sc4ncccc4c3-n3cccc3)C[C@H]2C)c1. The summed E-state index contributed by atoms with van der Waals surface area (Å²) in [5, 5.41) is 4.16. The number of amides is 1. The first-order valence-electron chi connectivity index (χ1n) is 11.9. The summed E-state index contributed by atoms with van der Waals surface area (Å²) in [6.07, 6.45) is 6.66. The minimum atomic E-state index is -0.0238. The first-order chi connectivity index (χ1) is 16.6. The Balaban J connectivity index is 1.16. The number of carbonyl (C=O) groups is 1. The number of hydrogen-bond donors (Lipinski definition) is 1. The predicted molar refractivity (Wildman–Crippen MR) is 140 cm³/mol. The molecule has 0 saturated carbocycles. The van der Waals surface area contributed by atoms with Gasteiger partial charge in [0, 0.05) is 61.9 Å². The van der Waals surface area contributed by atoms with Crippen molar-refractivity contribution >= 4 is 33.1 Å². The van der Waals surface area contributed by atoms with Gasteiger partial charge in [0.1, 0.15) is 9.71 Å². The van der Waals surface area contributed by atoms with Gasteiger partial charge in [-0.2, -0.15) is 0 Å². The molecule has 1 fully saturated rings. The Hall–Kier alpha value is -3.16. The maximum absolute atomic E-state index is 13.1. The molecule has 0 spiro atoms. The van der Waals surface area contributed by atoms with Crippen molar-refractivity contribution in [2.24, 2.45) is 0 Å². The summed E-state index contributed by atoms with van der Waals surface area (Å²) in [5.74, 6) is -0.0238. The number of thiophene rings is 1. The van der Waals surface area contributed by atoms with Gasteiger partial charge in [-0.05, 0) is 68.8 Å². The molecule has 1 aliphatic rings. The van der Waals surface area contributed by atoms with Gasteiger partial charge in [0.2, 0.25) is 0 Å². The predicted octanol–water partition coefficient (Wildman–Crippen LogP) is 4.73. The fraction of sp³-hybridized carbons (Fsp3) is 0.333. The highest BCUT2D eigenvalue weighted by atomic mass is 32.1. The minimum Gasteiger partial charge on any atom is -0.366 e. The van der Waals surface area contributed by atoms with Crippen molar-refractivity contribution in [2.75, 3.05) is 37.6 Å². The van der Waals surface area contributed by atoms with Gasteiger partial charge in [0.25, 0.3) is 5.91 Å². The Kier molecular flexibility index (Phi) is 6.65. The minimum absolute atomic E-state index is 0.0238. The lowest BCUT2D eigenvalue weighted by Gasteiger charge is -2.41. The van der Waals surface area contributed by atoms with Gasteiger partial charge in [-0.15, -0.1) is 11.3 Å². The van der Waals surface area contributed by atoms with E-state index in [1.165, 1.54) is 22.6 Å². The van der Waals surface area contributed by atoms with Gasteiger partial charge >= 0.3 is 0 Å². The number of nitrogens with zero attached hydrogens (tertiary/aromatic N) is 4. The third-order valence-electron chi connectivity index (χ3n) is 6.49. The number of aryl methyl sites for hydroxylation is 1. The van der Waals surface area contributed by atoms with E-state index in [4.69, 9.17) is 0 Å². The molecule has 4 aromatic rings. The number of nitrogens with one attached hydrogen (secondary N) is 1. The van der Waals surface area contributed by atoms with E-state index in [9.17, 15) is 4.79 Å². The zero-order chi connectivity index (χ0) is 23.5. The van der Waals surface area contributed by atoms with Crippen molar-refractivity contribution in [1.82, 2.24) is 19.8 Å². The van der Waals surface area contributed by atoms with E-state index in [1.54, 1.807) is 6.20 Å². The summed E-state index contributed by atoms with van der Waals surface area (Å²) in [5.41, 5.74) is 3.53. The molecule has 1 aromatic carbocycles. The lowest BCUT2D eigenvalue weighted by atomic mass is 10.1. The summed E-state index contributed by atoms with van der Waals surface area (Å²) in [6.45, 7) is 9.23. The maximum atomic E-state index is 13.1. The van der Waals surface area contributed by atoms with Crippen molar-refractivity contribution in [3.63, 3.8) is 0 Å². The molecule has 5 rings (SSSR count). The van der Waals surface area contributed by atoms with Crippen LogP contribution in [0.15, 0.2) is 67.1 Å². The fourth-order valence-electron chi connectivity index (χ4n) is 4.82. The maximum Gasteiger partial charge on any atom is 0.263 e. The number of piperazine rings is 1. The van der Waals surface area contributed by atoms with Crippen molar-refractivity contribution in [3.05, 3.63) is 77.6 Å². The monoisotopic (exact) mass is 473 g/mol. The molecule has 6 nitrogen and oxygen atoms in total. The first kappa shape index (κ1) is 22.6. The van der Waals surface area contributed by atoms with Gasteiger partial charge in [0.05, 0.1) is 5.69 Å². The average Bonchev–Trinajstić information content (AvgIpc) is 3.49. The van der Waals surface area contributed by atoms with Gasteiger partial charge in [-0.3, -0.25) is 9.69 Å². The number of aromatic nitrogens is 2. The number of benzene rings is 1. The molecule has 1 N–H and O–H groups in total. The molecular weight excluding hydrogens is 442 g/mol. The van der Waals surface area contributed by atoms with Gasteiger partial charge in [-0.25, -0.2) is 4.98 Å². The van der Waals surface area contributed by atoms with Crippen LogP contribution < -0.4 is 10.2 Å². The number of anilines is 1. The fourth-order valence-corrected chi connectivity index (χ4v) is 5.88. The van der Waals surface area contributed by atoms with E-state index in [0.717, 1.165) is 48.5 Å².